The summed E-state index contributed by atoms with van der Waals surface area (Å²) < 4.78 is 0. The van der Waals surface area contributed by atoms with Gasteiger partial charge in [0.15, 0.2) is 0 Å². The second-order valence-electron chi connectivity index (χ2n) is 31.0. The van der Waals surface area contributed by atoms with Gasteiger partial charge in [0.1, 0.15) is 0 Å². The van der Waals surface area contributed by atoms with Crippen molar-refractivity contribution >= 4 is 47.5 Å². The van der Waals surface area contributed by atoms with Gasteiger partial charge in [-0.25, -0.2) is 0 Å². The Hall–Kier alpha value is 4.14. The van der Waals surface area contributed by atoms with Crippen LogP contribution < -0.4 is 0 Å². The van der Waals surface area contributed by atoms with Crippen LogP contribution in [0.25, 0.3) is 0 Å². The maximum atomic E-state index is 1.79. The fraction of sp³-hybridized carbons (Fsp3) is 1.00. The van der Waals surface area contributed by atoms with Gasteiger partial charge in [-0.1, -0.05) is 279 Å². The molecule has 9 heteroatoms. The zero-order valence-electron chi connectivity index (χ0n) is 55.1. The quantitative estimate of drug-likeness (QED) is 0.0948. The molecule has 0 saturated heterocycles. The van der Waals surface area contributed by atoms with E-state index in [1.807, 2.05) is 0 Å². The molecule has 0 unspecified atom stereocenters. The van der Waals surface area contributed by atoms with E-state index >= 15 is 0 Å². The van der Waals surface area contributed by atoms with E-state index in [4.69, 9.17) is 0 Å². The first-order chi connectivity index (χ1) is 40.2. The van der Waals surface area contributed by atoms with E-state index in [-0.39, 0.29) is 51.2 Å². The third-order valence-electron chi connectivity index (χ3n) is 25.5. The standard InChI is InChI=1S/3C25H46P2.3Cu.H/c3*1-5-13-22(14-6-1)26(23-15-7-2-8-16-23)21-27(24-17-9-3-10-18-24)25-19-11-4-12-20-25;;;;/h3*22-25H,1-21H2;;;;/q;;;;2*+1;. The maximum absolute atomic E-state index is 1.79. The molecule has 0 heterocycles. The van der Waals surface area contributed by atoms with Crippen LogP contribution in [0.3, 0.4) is 0 Å². The summed E-state index contributed by atoms with van der Waals surface area (Å²) in [5.41, 5.74) is 14.3. The predicted molar refractivity (Wildman–Crippen MR) is 380 cm³/mol. The summed E-state index contributed by atoms with van der Waals surface area (Å²) in [5, 5.41) is 0. The van der Waals surface area contributed by atoms with Gasteiger partial charge in [-0.3, -0.25) is 0 Å². The van der Waals surface area contributed by atoms with Crippen molar-refractivity contribution in [1.82, 2.24) is 0 Å². The van der Waals surface area contributed by atoms with Crippen molar-refractivity contribution < 1.29 is 51.2 Å². The van der Waals surface area contributed by atoms with Crippen molar-refractivity contribution in [2.45, 2.75) is 453 Å². The molecule has 12 saturated carbocycles. The average Bonchev–Trinajstić information content (AvgIpc) is 3.75. The number of hydrogen-bond acceptors (Lipinski definition) is 0. The second-order valence-corrected chi connectivity index (χ2v) is 49.3. The van der Waals surface area contributed by atoms with Crippen LogP contribution in [-0.2, 0) is 51.2 Å². The minimum absolute atomic E-state index is 0. The van der Waals surface area contributed by atoms with Crippen LogP contribution in [0.4, 0.5) is 0 Å². The van der Waals surface area contributed by atoms with Crippen molar-refractivity contribution in [3.8, 4) is 0 Å². The molecule has 0 amide bonds. The summed E-state index contributed by atoms with van der Waals surface area (Å²) in [7, 11) is 2.06. The molecule has 0 nitrogen and oxygen atoms in total. The first-order valence-corrected chi connectivity index (χ1v) is 48.8. The van der Waals surface area contributed by atoms with Gasteiger partial charge in [-0.15, -0.1) is 0 Å². The molecule has 12 aliphatic rings. The summed E-state index contributed by atoms with van der Waals surface area (Å²) in [4.78, 5) is 0. The zero-order valence-corrected chi connectivity index (χ0v) is 63.3. The summed E-state index contributed by atoms with van der Waals surface area (Å²) in [6.45, 7) is 0. The van der Waals surface area contributed by atoms with E-state index in [9.17, 15) is 0 Å². The van der Waals surface area contributed by atoms with Crippen LogP contribution in [0.1, 0.15) is 385 Å². The van der Waals surface area contributed by atoms with Crippen LogP contribution in [0.2, 0.25) is 0 Å². The predicted octanol–water partition coefficient (Wildman–Crippen LogP) is 27.4. The molecule has 0 aromatic carbocycles. The van der Waals surface area contributed by atoms with Crippen LogP contribution in [0, 0.1) is 0 Å². The molecule has 1 radical (unpaired) electrons. The van der Waals surface area contributed by atoms with Crippen molar-refractivity contribution in [2.24, 2.45) is 0 Å². The molecular weight excluding hydrogens is 1280 g/mol. The normalized spacial score (nSPS) is 27.2. The van der Waals surface area contributed by atoms with E-state index < -0.39 is 0 Å². The van der Waals surface area contributed by atoms with Gasteiger partial charge in [-0.05, 0) is 240 Å². The van der Waals surface area contributed by atoms with E-state index in [1.54, 1.807) is 403 Å². The van der Waals surface area contributed by atoms with Crippen LogP contribution >= 0.6 is 47.5 Å². The van der Waals surface area contributed by atoms with Crippen LogP contribution in [-0.4, -0.2) is 85.6 Å². The van der Waals surface area contributed by atoms with Crippen molar-refractivity contribution in [3.05, 3.63) is 0 Å². The molecule has 12 rings (SSSR count). The van der Waals surface area contributed by atoms with E-state index in [2.05, 4.69) is 0 Å². The molecule has 12 fully saturated rings. The summed E-state index contributed by atoms with van der Waals surface area (Å²) in [5.74, 6) is 5.36. The monoisotopic (exact) mass is 1410 g/mol. The first kappa shape index (κ1) is 75.5. The molecule has 0 spiro atoms. The Balaban J connectivity index is 0.000000178. The van der Waals surface area contributed by atoms with Gasteiger partial charge in [0.05, 0.1) is 0 Å². The minimum atomic E-state index is 0. The van der Waals surface area contributed by atoms with Crippen molar-refractivity contribution in [3.63, 3.8) is 0 Å². The Kier molecular flexibility index (Phi) is 39.6. The molecule has 12 aliphatic carbocycles. The average molecular weight is 1420 g/mol. The molecular formula is C75H139Cu3P6+2. The molecule has 0 aromatic rings. The Morgan fingerprint density at radius 2 is 0.202 bits per heavy atom. The van der Waals surface area contributed by atoms with Gasteiger partial charge >= 0.3 is 51.2 Å². The van der Waals surface area contributed by atoms with Crippen LogP contribution in [0.5, 0.6) is 0 Å². The molecule has 0 atom stereocenters. The van der Waals surface area contributed by atoms with Crippen molar-refractivity contribution in [2.75, 3.05) is 17.7 Å². The molecule has 84 heavy (non-hydrogen) atoms. The second kappa shape index (κ2) is 44.1. The van der Waals surface area contributed by atoms with Gasteiger partial charge in [0, 0.05) is 0 Å². The SMILES string of the molecule is C1CCC(P(CP(C2CCCCC2)C2CCCCC2)C2CCCCC2)CC1.C1CCC(P(CP(C2CCCCC2)C2CCCCC2)C2CCCCC2)CC1.C1CCC(P(CP(C2CCCCC2)C2CCCCC2)C2CCCCC2)CC1.[Cu+].[Cu+].[CuH]. The summed E-state index contributed by atoms with van der Waals surface area (Å²) in [6.07, 6.45) is 95.3. The Morgan fingerprint density at radius 1 is 0.131 bits per heavy atom. The third-order valence-corrected chi connectivity index (χ3v) is 50.8. The van der Waals surface area contributed by atoms with Gasteiger partial charge in [0.2, 0.25) is 0 Å². The number of hydrogen-bond donors (Lipinski definition) is 0. The molecule has 0 bridgehead atoms. The first-order valence-electron chi connectivity index (χ1n) is 38.8. The van der Waals surface area contributed by atoms with E-state index in [0.29, 0.717) is 47.5 Å². The molecule has 0 N–H and O–H groups in total. The fourth-order valence-corrected chi connectivity index (χ4v) is 52.2. The van der Waals surface area contributed by atoms with Crippen molar-refractivity contribution in [1.29, 1.82) is 0 Å². The zero-order chi connectivity index (χ0) is 54.9. The molecule has 500 valence electrons. The van der Waals surface area contributed by atoms with Gasteiger partial charge in [-0.2, -0.15) is 0 Å². The van der Waals surface area contributed by atoms with Gasteiger partial charge < -0.3 is 0 Å². The van der Waals surface area contributed by atoms with Crippen LogP contribution in [0.15, 0.2) is 0 Å². The number of rotatable bonds is 18. The Labute approximate surface area is 564 Å². The van der Waals surface area contributed by atoms with E-state index in [0.717, 1.165) is 0 Å². The van der Waals surface area contributed by atoms with Gasteiger partial charge in [0.25, 0.3) is 0 Å². The third kappa shape index (κ3) is 24.3. The Bertz CT molecular complexity index is 1180. The Morgan fingerprint density at radius 3 is 0.274 bits per heavy atom. The summed E-state index contributed by atoms with van der Waals surface area (Å²) >= 11 is 0. The van der Waals surface area contributed by atoms with E-state index in [1.165, 1.54) is 67.9 Å². The topological polar surface area (TPSA) is 0 Å². The fourth-order valence-electron chi connectivity index (χ4n) is 20.7. The molecule has 0 aromatic heterocycles. The molecule has 0 aliphatic heterocycles. The summed E-state index contributed by atoms with van der Waals surface area (Å²) in [6, 6.07) is 0.